The molecule has 2 rings (SSSR count). The zero-order valence-corrected chi connectivity index (χ0v) is 12.4. The molecular formula is C15H20FNO2S. The van der Waals surface area contributed by atoms with E-state index in [0.717, 1.165) is 18.7 Å². The Balaban J connectivity index is 1.89. The van der Waals surface area contributed by atoms with Crippen molar-refractivity contribution < 1.29 is 12.8 Å². The fourth-order valence-electron chi connectivity index (χ4n) is 2.21. The number of sulfone groups is 1. The summed E-state index contributed by atoms with van der Waals surface area (Å²) >= 11 is 0. The molecule has 1 fully saturated rings. The van der Waals surface area contributed by atoms with Gasteiger partial charge in [-0.3, -0.25) is 4.90 Å². The van der Waals surface area contributed by atoms with E-state index in [1.54, 1.807) is 19.1 Å². The van der Waals surface area contributed by atoms with E-state index in [2.05, 4.69) is 4.90 Å². The lowest BCUT2D eigenvalue weighted by Gasteiger charge is -2.16. The minimum atomic E-state index is -2.92. The van der Waals surface area contributed by atoms with Gasteiger partial charge in [0.15, 0.2) is 9.84 Å². The van der Waals surface area contributed by atoms with E-state index in [1.165, 1.54) is 12.1 Å². The van der Waals surface area contributed by atoms with Crippen molar-refractivity contribution in [1.29, 1.82) is 0 Å². The van der Waals surface area contributed by atoms with E-state index < -0.39 is 9.84 Å². The molecule has 1 atom stereocenters. The molecule has 110 valence electrons. The van der Waals surface area contributed by atoms with Crippen molar-refractivity contribution >= 4 is 15.9 Å². The highest BCUT2D eigenvalue weighted by molar-refractivity contribution is 7.92. The van der Waals surface area contributed by atoms with Crippen LogP contribution in [-0.2, 0) is 9.84 Å². The van der Waals surface area contributed by atoms with Crippen molar-refractivity contribution in [2.75, 3.05) is 25.4 Å². The van der Waals surface area contributed by atoms with Crippen LogP contribution in [-0.4, -0.2) is 44.0 Å². The third-order valence-corrected chi connectivity index (χ3v) is 5.91. The predicted molar refractivity (Wildman–Crippen MR) is 79.7 cm³/mol. The fourth-order valence-corrected chi connectivity index (χ4v) is 3.59. The molecule has 1 heterocycles. The third-order valence-electron chi connectivity index (χ3n) is 3.70. The van der Waals surface area contributed by atoms with Gasteiger partial charge in [0.25, 0.3) is 0 Å². The van der Waals surface area contributed by atoms with E-state index >= 15 is 0 Å². The Labute approximate surface area is 120 Å². The molecule has 20 heavy (non-hydrogen) atoms. The summed E-state index contributed by atoms with van der Waals surface area (Å²) in [4.78, 5) is 2.14. The van der Waals surface area contributed by atoms with Crippen LogP contribution in [0.1, 0.15) is 18.9 Å². The second-order valence-electron chi connectivity index (χ2n) is 5.22. The Morgan fingerprint density at radius 2 is 2.00 bits per heavy atom. The Morgan fingerprint density at radius 3 is 2.70 bits per heavy atom. The summed E-state index contributed by atoms with van der Waals surface area (Å²) in [5.41, 5.74) is 0.946. The molecule has 1 aliphatic heterocycles. The van der Waals surface area contributed by atoms with Gasteiger partial charge in [-0.05, 0) is 37.6 Å². The van der Waals surface area contributed by atoms with Gasteiger partial charge in [0.2, 0.25) is 0 Å². The van der Waals surface area contributed by atoms with Gasteiger partial charge in [-0.1, -0.05) is 24.3 Å². The molecule has 0 saturated carbocycles. The second-order valence-corrected chi connectivity index (χ2v) is 7.76. The smallest absolute Gasteiger partial charge is 0.154 e. The Morgan fingerprint density at radius 1 is 1.30 bits per heavy atom. The van der Waals surface area contributed by atoms with Gasteiger partial charge < -0.3 is 0 Å². The largest absolute Gasteiger partial charge is 0.299 e. The zero-order chi connectivity index (χ0) is 14.6. The number of hydrogen-bond acceptors (Lipinski definition) is 3. The number of hydrogen-bond donors (Lipinski definition) is 0. The molecule has 0 radical (unpaired) electrons. The van der Waals surface area contributed by atoms with Gasteiger partial charge in [0.05, 0.1) is 11.0 Å². The highest BCUT2D eigenvalue weighted by atomic mass is 32.2. The van der Waals surface area contributed by atoms with Crippen LogP contribution in [0.25, 0.3) is 6.08 Å². The predicted octanol–water partition coefficient (Wildman–Crippen LogP) is 2.35. The number of halogens is 1. The molecule has 5 heteroatoms. The molecule has 0 aliphatic carbocycles. The summed E-state index contributed by atoms with van der Waals surface area (Å²) in [7, 11) is -2.92. The van der Waals surface area contributed by atoms with Crippen LogP contribution in [0.15, 0.2) is 30.3 Å². The van der Waals surface area contributed by atoms with Gasteiger partial charge in [0, 0.05) is 13.1 Å². The van der Waals surface area contributed by atoms with E-state index in [9.17, 15) is 12.8 Å². The first-order chi connectivity index (χ1) is 9.47. The first-order valence-electron chi connectivity index (χ1n) is 6.83. The van der Waals surface area contributed by atoms with Gasteiger partial charge >= 0.3 is 0 Å². The molecular weight excluding hydrogens is 277 g/mol. The van der Waals surface area contributed by atoms with Crippen molar-refractivity contribution in [3.63, 3.8) is 0 Å². The average Bonchev–Trinajstić information content (AvgIpc) is 2.54. The summed E-state index contributed by atoms with van der Waals surface area (Å²) in [5, 5.41) is -0.242. The molecule has 0 N–H and O–H groups in total. The van der Waals surface area contributed by atoms with E-state index in [4.69, 9.17) is 0 Å². The molecule has 1 aliphatic rings. The first kappa shape index (κ1) is 15.2. The van der Waals surface area contributed by atoms with Gasteiger partial charge in [-0.15, -0.1) is 0 Å². The van der Waals surface area contributed by atoms with Crippen molar-refractivity contribution in [2.24, 2.45) is 0 Å². The monoisotopic (exact) mass is 297 g/mol. The Bertz CT molecular complexity index is 566. The van der Waals surface area contributed by atoms with Crippen molar-refractivity contribution in [1.82, 2.24) is 4.90 Å². The van der Waals surface area contributed by atoms with Crippen LogP contribution >= 0.6 is 0 Å². The molecule has 0 spiro atoms. The lowest BCUT2D eigenvalue weighted by molar-refractivity contribution is 0.323. The summed E-state index contributed by atoms with van der Waals surface area (Å²) in [6, 6.07) is 6.31. The lowest BCUT2D eigenvalue weighted by Crippen LogP contribution is -2.27. The molecule has 3 nitrogen and oxygen atoms in total. The van der Waals surface area contributed by atoms with Crippen LogP contribution in [0.3, 0.4) is 0 Å². The van der Waals surface area contributed by atoms with Crippen LogP contribution < -0.4 is 0 Å². The number of nitrogens with zero attached hydrogens (tertiary/aromatic N) is 1. The summed E-state index contributed by atoms with van der Waals surface area (Å²) < 4.78 is 36.4. The molecule has 0 amide bonds. The average molecular weight is 297 g/mol. The molecule has 1 aromatic rings. The van der Waals surface area contributed by atoms with Gasteiger partial charge in [-0.2, -0.15) is 0 Å². The first-order valence-corrected chi connectivity index (χ1v) is 8.55. The van der Waals surface area contributed by atoms with E-state index in [0.29, 0.717) is 13.0 Å². The maximum absolute atomic E-state index is 12.8. The highest BCUT2D eigenvalue weighted by Crippen LogP contribution is 2.13. The normalized spacial score (nSPS) is 23.8. The quantitative estimate of drug-likeness (QED) is 0.859. The van der Waals surface area contributed by atoms with Crippen LogP contribution in [0.4, 0.5) is 4.39 Å². The minimum Gasteiger partial charge on any atom is -0.299 e. The second kappa shape index (κ2) is 6.50. The van der Waals surface area contributed by atoms with Gasteiger partial charge in [-0.25, -0.2) is 12.8 Å². The standard InChI is InChI=1S/C15H20FNO2S/c1-13-8-10-17(11-12-20(13,18)19)9-2-3-14-4-6-15(16)7-5-14/h2-7,13H,8-12H2,1H3/b3-2+/t13-/m1/s1. The van der Waals surface area contributed by atoms with Crippen LogP contribution in [0.5, 0.6) is 0 Å². The van der Waals surface area contributed by atoms with Crippen molar-refractivity contribution in [2.45, 2.75) is 18.6 Å². The molecule has 1 aromatic carbocycles. The topological polar surface area (TPSA) is 37.4 Å². The molecule has 0 bridgehead atoms. The molecule has 0 aromatic heterocycles. The maximum atomic E-state index is 12.8. The van der Waals surface area contributed by atoms with Crippen molar-refractivity contribution in [3.05, 3.63) is 41.7 Å². The maximum Gasteiger partial charge on any atom is 0.154 e. The van der Waals surface area contributed by atoms with Gasteiger partial charge in [0.1, 0.15) is 5.82 Å². The Kier molecular flexibility index (Phi) is 4.94. The number of rotatable bonds is 3. The van der Waals surface area contributed by atoms with Crippen LogP contribution in [0, 0.1) is 5.82 Å². The molecule has 1 saturated heterocycles. The lowest BCUT2D eigenvalue weighted by atomic mass is 10.2. The highest BCUT2D eigenvalue weighted by Gasteiger charge is 2.25. The third kappa shape index (κ3) is 4.15. The van der Waals surface area contributed by atoms with E-state index in [1.807, 2.05) is 12.2 Å². The van der Waals surface area contributed by atoms with Crippen LogP contribution in [0.2, 0.25) is 0 Å². The fraction of sp³-hybridized carbons (Fsp3) is 0.467. The summed E-state index contributed by atoms with van der Waals surface area (Å²) in [5.74, 6) is -0.00712. The molecule has 0 unspecified atom stereocenters. The summed E-state index contributed by atoms with van der Waals surface area (Å²) in [6.07, 6.45) is 4.62. The minimum absolute atomic E-state index is 0.235. The van der Waals surface area contributed by atoms with E-state index in [-0.39, 0.29) is 16.8 Å². The number of benzene rings is 1. The zero-order valence-electron chi connectivity index (χ0n) is 11.6. The summed E-state index contributed by atoms with van der Waals surface area (Å²) in [6.45, 7) is 3.89. The van der Waals surface area contributed by atoms with Crippen molar-refractivity contribution in [3.8, 4) is 0 Å². The Hall–Kier alpha value is -1.20. The SMILES string of the molecule is C[C@@H]1CCN(C/C=C/c2ccc(F)cc2)CCS1(=O)=O.